The maximum absolute atomic E-state index is 12.1. The molecule has 2 fully saturated rings. The van der Waals surface area contributed by atoms with E-state index in [0.29, 0.717) is 57.4 Å². The van der Waals surface area contributed by atoms with Gasteiger partial charge in [0.15, 0.2) is 0 Å². The van der Waals surface area contributed by atoms with E-state index in [1.54, 1.807) is 7.11 Å². The summed E-state index contributed by atoms with van der Waals surface area (Å²) in [4.78, 5) is 12.1. The van der Waals surface area contributed by atoms with Gasteiger partial charge < -0.3 is 18.9 Å². The zero-order valence-electron chi connectivity index (χ0n) is 12.3. The SMILES string of the molecule is COCCOCCOCCC(=O)C1CC2CCC(C1)O2. The summed E-state index contributed by atoms with van der Waals surface area (Å²) < 4.78 is 21.3. The largest absolute Gasteiger partial charge is 0.382 e. The predicted molar refractivity (Wildman–Crippen MR) is 73.8 cm³/mol. The van der Waals surface area contributed by atoms with E-state index in [4.69, 9.17) is 18.9 Å². The van der Waals surface area contributed by atoms with E-state index < -0.39 is 0 Å². The van der Waals surface area contributed by atoms with Gasteiger partial charge in [0.25, 0.3) is 0 Å². The Bertz CT molecular complexity index is 282. The number of rotatable bonds is 10. The molecule has 0 aromatic rings. The zero-order valence-corrected chi connectivity index (χ0v) is 12.3. The van der Waals surface area contributed by atoms with Crippen molar-refractivity contribution in [3.8, 4) is 0 Å². The third-order valence-electron chi connectivity index (χ3n) is 4.04. The van der Waals surface area contributed by atoms with Crippen LogP contribution in [-0.4, -0.2) is 58.1 Å². The number of hydrogen-bond acceptors (Lipinski definition) is 5. The first-order valence-corrected chi connectivity index (χ1v) is 7.62. The van der Waals surface area contributed by atoms with Crippen molar-refractivity contribution in [1.29, 1.82) is 0 Å². The van der Waals surface area contributed by atoms with Gasteiger partial charge >= 0.3 is 0 Å². The molecule has 0 aromatic carbocycles. The van der Waals surface area contributed by atoms with Crippen LogP contribution in [0.4, 0.5) is 0 Å². The van der Waals surface area contributed by atoms with Gasteiger partial charge in [-0.05, 0) is 25.7 Å². The molecule has 0 N–H and O–H groups in total. The lowest BCUT2D eigenvalue weighted by atomic mass is 9.90. The minimum Gasteiger partial charge on any atom is -0.382 e. The highest BCUT2D eigenvalue weighted by atomic mass is 16.5. The van der Waals surface area contributed by atoms with Crippen LogP contribution in [0, 0.1) is 5.92 Å². The molecule has 5 nitrogen and oxygen atoms in total. The van der Waals surface area contributed by atoms with Gasteiger partial charge in [-0.3, -0.25) is 4.79 Å². The molecule has 0 aromatic heterocycles. The molecule has 0 spiro atoms. The molecule has 0 saturated carbocycles. The molecular weight excluding hydrogens is 260 g/mol. The van der Waals surface area contributed by atoms with E-state index in [1.165, 1.54) is 0 Å². The Morgan fingerprint density at radius 3 is 2.25 bits per heavy atom. The zero-order chi connectivity index (χ0) is 14.2. The molecule has 2 aliphatic heterocycles. The van der Waals surface area contributed by atoms with Crippen molar-refractivity contribution in [3.63, 3.8) is 0 Å². The Hall–Kier alpha value is -0.490. The van der Waals surface area contributed by atoms with Gasteiger partial charge in [-0.1, -0.05) is 0 Å². The second kappa shape index (κ2) is 8.72. The molecule has 5 heteroatoms. The van der Waals surface area contributed by atoms with E-state index in [0.717, 1.165) is 25.7 Å². The minimum absolute atomic E-state index is 0.197. The van der Waals surface area contributed by atoms with Crippen LogP contribution >= 0.6 is 0 Å². The van der Waals surface area contributed by atoms with E-state index >= 15 is 0 Å². The van der Waals surface area contributed by atoms with Crippen LogP contribution < -0.4 is 0 Å². The Morgan fingerprint density at radius 2 is 1.60 bits per heavy atom. The lowest BCUT2D eigenvalue weighted by Gasteiger charge is -2.27. The fraction of sp³-hybridized carbons (Fsp3) is 0.933. The van der Waals surface area contributed by atoms with E-state index in [-0.39, 0.29) is 5.92 Å². The lowest BCUT2D eigenvalue weighted by molar-refractivity contribution is -0.129. The van der Waals surface area contributed by atoms with E-state index in [2.05, 4.69) is 0 Å². The molecule has 2 rings (SSSR count). The molecule has 0 aliphatic carbocycles. The predicted octanol–water partition coefficient (Wildman–Crippen LogP) is 1.58. The quantitative estimate of drug-likeness (QED) is 0.571. The van der Waals surface area contributed by atoms with Crippen LogP contribution in [-0.2, 0) is 23.7 Å². The summed E-state index contributed by atoms with van der Waals surface area (Å²) in [6, 6.07) is 0. The average molecular weight is 286 g/mol. The molecule has 2 aliphatic rings. The standard InChI is InChI=1S/C15H26O5/c1-17-6-7-19-9-8-18-5-4-15(16)12-10-13-2-3-14(11-12)20-13/h12-14H,2-11H2,1H3. The van der Waals surface area contributed by atoms with Gasteiger partial charge in [0.2, 0.25) is 0 Å². The van der Waals surface area contributed by atoms with Gasteiger partial charge in [-0.2, -0.15) is 0 Å². The fourth-order valence-electron chi connectivity index (χ4n) is 2.96. The number of Topliss-reactive ketones (excluding diaryl/α,β-unsaturated/α-hetero) is 1. The first-order valence-electron chi connectivity index (χ1n) is 7.62. The summed E-state index contributed by atoms with van der Waals surface area (Å²) >= 11 is 0. The molecule has 2 saturated heterocycles. The number of methoxy groups -OCH3 is 1. The average Bonchev–Trinajstić information content (AvgIpc) is 2.80. The van der Waals surface area contributed by atoms with Crippen molar-refractivity contribution in [2.24, 2.45) is 5.92 Å². The Balaban J connectivity index is 1.48. The first kappa shape index (κ1) is 15.9. The van der Waals surface area contributed by atoms with Crippen molar-refractivity contribution in [2.45, 2.75) is 44.3 Å². The van der Waals surface area contributed by atoms with Gasteiger partial charge in [0.1, 0.15) is 5.78 Å². The molecule has 116 valence electrons. The van der Waals surface area contributed by atoms with Gasteiger partial charge in [-0.25, -0.2) is 0 Å². The Morgan fingerprint density at radius 1 is 1.00 bits per heavy atom. The van der Waals surface area contributed by atoms with Crippen LogP contribution in [0.2, 0.25) is 0 Å². The molecule has 20 heavy (non-hydrogen) atoms. The van der Waals surface area contributed by atoms with E-state index in [1.807, 2.05) is 0 Å². The maximum Gasteiger partial charge on any atom is 0.138 e. The topological polar surface area (TPSA) is 54.0 Å². The highest BCUT2D eigenvalue weighted by Crippen LogP contribution is 2.36. The number of ether oxygens (including phenoxy) is 4. The van der Waals surface area contributed by atoms with Crippen LogP contribution in [0.1, 0.15) is 32.1 Å². The van der Waals surface area contributed by atoms with Crippen molar-refractivity contribution >= 4 is 5.78 Å². The maximum atomic E-state index is 12.1. The number of carbonyl (C=O) groups is 1. The first-order chi connectivity index (χ1) is 9.79. The lowest BCUT2D eigenvalue weighted by Crippen LogP contribution is -2.30. The summed E-state index contributed by atoms with van der Waals surface area (Å²) in [6.45, 7) is 2.78. The van der Waals surface area contributed by atoms with Crippen molar-refractivity contribution in [1.82, 2.24) is 0 Å². The minimum atomic E-state index is 0.197. The third-order valence-corrected chi connectivity index (χ3v) is 4.04. The van der Waals surface area contributed by atoms with Gasteiger partial charge in [0, 0.05) is 19.4 Å². The van der Waals surface area contributed by atoms with Gasteiger partial charge in [0.05, 0.1) is 45.2 Å². The van der Waals surface area contributed by atoms with Crippen LogP contribution in [0.3, 0.4) is 0 Å². The van der Waals surface area contributed by atoms with Crippen molar-refractivity contribution in [2.75, 3.05) is 40.1 Å². The Labute approximate surface area is 120 Å². The summed E-state index contributed by atoms with van der Waals surface area (Å²) in [5, 5.41) is 0. The van der Waals surface area contributed by atoms with E-state index in [9.17, 15) is 4.79 Å². The second-order valence-corrected chi connectivity index (χ2v) is 5.56. The summed E-state index contributed by atoms with van der Waals surface area (Å²) in [5.74, 6) is 0.535. The summed E-state index contributed by atoms with van der Waals surface area (Å²) in [6.07, 6.45) is 5.26. The van der Waals surface area contributed by atoms with Crippen molar-refractivity contribution in [3.05, 3.63) is 0 Å². The van der Waals surface area contributed by atoms with Crippen LogP contribution in [0.15, 0.2) is 0 Å². The molecule has 2 unspecified atom stereocenters. The summed E-state index contributed by atoms with van der Waals surface area (Å²) in [7, 11) is 1.65. The molecular formula is C15H26O5. The highest BCUT2D eigenvalue weighted by molar-refractivity contribution is 5.81. The van der Waals surface area contributed by atoms with Crippen molar-refractivity contribution < 1.29 is 23.7 Å². The molecule has 0 radical (unpaired) electrons. The number of fused-ring (bicyclic) bond motifs is 2. The molecule has 2 bridgehead atoms. The third kappa shape index (κ3) is 5.13. The summed E-state index contributed by atoms with van der Waals surface area (Å²) in [5.41, 5.74) is 0. The molecule has 0 amide bonds. The highest BCUT2D eigenvalue weighted by Gasteiger charge is 2.37. The molecule has 2 atom stereocenters. The van der Waals surface area contributed by atoms with Crippen LogP contribution in [0.5, 0.6) is 0 Å². The number of ketones is 1. The van der Waals surface area contributed by atoms with Gasteiger partial charge in [-0.15, -0.1) is 0 Å². The Kier molecular flexibility index (Phi) is 6.93. The molecule has 2 heterocycles. The fourth-order valence-corrected chi connectivity index (χ4v) is 2.96. The normalized spacial score (nSPS) is 28.8. The van der Waals surface area contributed by atoms with Crippen LogP contribution in [0.25, 0.3) is 0 Å². The second-order valence-electron chi connectivity index (χ2n) is 5.56. The smallest absolute Gasteiger partial charge is 0.138 e. The number of carbonyl (C=O) groups excluding carboxylic acids is 1. The monoisotopic (exact) mass is 286 g/mol. The number of hydrogen-bond donors (Lipinski definition) is 0.